The van der Waals surface area contributed by atoms with E-state index < -0.39 is 0 Å². The second-order valence-electron chi connectivity index (χ2n) is 8.99. The molecular weight excluding hydrogens is 428 g/mol. The van der Waals surface area contributed by atoms with Crippen molar-refractivity contribution in [3.05, 3.63) is 51.9 Å². The van der Waals surface area contributed by atoms with Gasteiger partial charge in [-0.3, -0.25) is 4.79 Å². The Morgan fingerprint density at radius 3 is 2.58 bits per heavy atom. The third-order valence-corrected chi connectivity index (χ3v) is 7.22. The maximum atomic E-state index is 12.5. The first-order valence-electron chi connectivity index (χ1n) is 10.6. The summed E-state index contributed by atoms with van der Waals surface area (Å²) in [5.74, 6) is 0.0316. The van der Waals surface area contributed by atoms with E-state index in [1.54, 1.807) is 11.3 Å². The van der Waals surface area contributed by atoms with Crippen molar-refractivity contribution in [3.8, 4) is 0 Å². The van der Waals surface area contributed by atoms with Crippen LogP contribution in [-0.4, -0.2) is 24.1 Å². The molecule has 1 aliphatic carbocycles. The normalized spacial score (nSPS) is 15.7. The second kappa shape index (κ2) is 9.92. The molecule has 31 heavy (non-hydrogen) atoms. The predicted octanol–water partition coefficient (Wildman–Crippen LogP) is 5.13. The summed E-state index contributed by atoms with van der Waals surface area (Å²) in [5.41, 5.74) is 2.92. The van der Waals surface area contributed by atoms with Crippen LogP contribution in [0.2, 0.25) is 0 Å². The van der Waals surface area contributed by atoms with Gasteiger partial charge in [0, 0.05) is 11.3 Å². The third kappa shape index (κ3) is 5.92. The van der Waals surface area contributed by atoms with Gasteiger partial charge >= 0.3 is 5.97 Å². The van der Waals surface area contributed by atoms with E-state index >= 15 is 0 Å². The number of methoxy groups -OCH3 is 1. The van der Waals surface area contributed by atoms with E-state index in [1.807, 2.05) is 30.3 Å². The number of benzene rings is 1. The summed E-state index contributed by atoms with van der Waals surface area (Å²) < 4.78 is 5.04. The number of amides is 1. The Kier molecular flexibility index (Phi) is 7.49. The molecule has 1 heterocycles. The van der Waals surface area contributed by atoms with Gasteiger partial charge in [0.25, 0.3) is 0 Å². The number of aryl methyl sites for hydroxylation is 1. The molecule has 0 radical (unpaired) electrons. The van der Waals surface area contributed by atoms with Crippen LogP contribution in [-0.2, 0) is 28.8 Å². The molecule has 0 saturated heterocycles. The quantitative estimate of drug-likeness (QED) is 0.480. The molecule has 1 atom stereocenters. The molecule has 166 valence electrons. The van der Waals surface area contributed by atoms with Crippen LogP contribution in [0.3, 0.4) is 0 Å². The fraction of sp³-hybridized carbons (Fsp3) is 0.458. The highest BCUT2D eigenvalue weighted by Gasteiger charge is 2.34. The highest BCUT2D eigenvalue weighted by molar-refractivity contribution is 7.80. The molecule has 0 saturated carbocycles. The number of fused-ring (bicyclic) bond motifs is 1. The van der Waals surface area contributed by atoms with Crippen LogP contribution in [0.4, 0.5) is 5.00 Å². The number of nitrogens with one attached hydrogen (secondary N) is 2. The zero-order valence-electron chi connectivity index (χ0n) is 18.5. The molecule has 0 bridgehead atoms. The molecule has 1 aliphatic rings. The minimum atomic E-state index is -0.368. The van der Waals surface area contributed by atoms with E-state index in [0.717, 1.165) is 30.4 Å². The summed E-state index contributed by atoms with van der Waals surface area (Å²) in [4.78, 5) is 26.0. The van der Waals surface area contributed by atoms with Crippen LogP contribution in [0.1, 0.15) is 60.0 Å². The summed E-state index contributed by atoms with van der Waals surface area (Å²) in [6.07, 6.45) is 3.80. The molecule has 1 amide bonds. The Bertz CT molecular complexity index is 961. The van der Waals surface area contributed by atoms with Crippen molar-refractivity contribution in [2.45, 2.75) is 52.9 Å². The Hall–Kier alpha value is -2.25. The first-order chi connectivity index (χ1) is 14.7. The fourth-order valence-electron chi connectivity index (χ4n) is 3.96. The van der Waals surface area contributed by atoms with Gasteiger partial charge in [-0.25, -0.2) is 4.79 Å². The highest BCUT2D eigenvalue weighted by atomic mass is 32.1. The lowest BCUT2D eigenvalue weighted by Gasteiger charge is -2.33. The first-order valence-corrected chi connectivity index (χ1v) is 11.8. The van der Waals surface area contributed by atoms with E-state index in [0.29, 0.717) is 29.3 Å². The van der Waals surface area contributed by atoms with E-state index in [-0.39, 0.29) is 22.4 Å². The van der Waals surface area contributed by atoms with Gasteiger partial charge in [0.2, 0.25) is 5.91 Å². The Labute approximate surface area is 193 Å². The monoisotopic (exact) mass is 458 g/mol. The lowest BCUT2D eigenvalue weighted by Crippen LogP contribution is -2.34. The van der Waals surface area contributed by atoms with Gasteiger partial charge in [-0.05, 0) is 60.4 Å². The number of carbonyl (C=O) groups excluding carboxylic acids is 2. The predicted molar refractivity (Wildman–Crippen MR) is 130 cm³/mol. The molecule has 2 N–H and O–H groups in total. The number of thiophene rings is 1. The molecule has 3 rings (SSSR count). The van der Waals surface area contributed by atoms with Crippen molar-refractivity contribution in [2.75, 3.05) is 12.4 Å². The average Bonchev–Trinajstić information content (AvgIpc) is 3.08. The number of thiocarbonyl (C=S) groups is 1. The zero-order chi connectivity index (χ0) is 22.6. The van der Waals surface area contributed by atoms with Crippen LogP contribution < -0.4 is 10.6 Å². The van der Waals surface area contributed by atoms with Gasteiger partial charge in [0.05, 0.1) is 12.7 Å². The maximum absolute atomic E-state index is 12.5. The Morgan fingerprint density at radius 1 is 1.23 bits per heavy atom. The average molecular weight is 459 g/mol. The maximum Gasteiger partial charge on any atom is 0.341 e. The number of ether oxygens (including phenoxy) is 1. The molecular formula is C24H30N2O3S2. The molecule has 0 aliphatic heterocycles. The van der Waals surface area contributed by atoms with Gasteiger partial charge in [-0.15, -0.1) is 11.3 Å². The molecule has 0 spiro atoms. The van der Waals surface area contributed by atoms with Gasteiger partial charge < -0.3 is 15.4 Å². The summed E-state index contributed by atoms with van der Waals surface area (Å²) in [6.45, 7) is 6.78. The van der Waals surface area contributed by atoms with Crippen LogP contribution in [0.5, 0.6) is 0 Å². The number of esters is 1. The zero-order valence-corrected chi connectivity index (χ0v) is 20.2. The topological polar surface area (TPSA) is 67.4 Å². The lowest BCUT2D eigenvalue weighted by molar-refractivity contribution is -0.119. The van der Waals surface area contributed by atoms with E-state index in [1.165, 1.54) is 12.0 Å². The lowest BCUT2D eigenvalue weighted by atomic mass is 9.72. The summed E-state index contributed by atoms with van der Waals surface area (Å²) in [7, 11) is 1.39. The van der Waals surface area contributed by atoms with Gasteiger partial charge in [0.1, 0.15) is 5.00 Å². The van der Waals surface area contributed by atoms with Crippen LogP contribution in [0.15, 0.2) is 30.3 Å². The van der Waals surface area contributed by atoms with Gasteiger partial charge in [-0.2, -0.15) is 0 Å². The first kappa shape index (κ1) is 23.4. The van der Waals surface area contributed by atoms with E-state index in [2.05, 4.69) is 31.4 Å². The van der Waals surface area contributed by atoms with Crippen molar-refractivity contribution < 1.29 is 14.3 Å². The van der Waals surface area contributed by atoms with Crippen molar-refractivity contribution in [3.63, 3.8) is 0 Å². The summed E-state index contributed by atoms with van der Waals surface area (Å²) >= 11 is 6.90. The smallest absolute Gasteiger partial charge is 0.341 e. The van der Waals surface area contributed by atoms with Crippen LogP contribution in [0, 0.1) is 11.3 Å². The molecule has 2 aromatic rings. The summed E-state index contributed by atoms with van der Waals surface area (Å²) in [6, 6.07) is 9.85. The number of rotatable bonds is 5. The largest absolute Gasteiger partial charge is 0.465 e. The van der Waals surface area contributed by atoms with Gasteiger partial charge in [0.15, 0.2) is 5.11 Å². The molecule has 0 fully saturated rings. The van der Waals surface area contributed by atoms with Gasteiger partial charge in [-0.1, -0.05) is 51.1 Å². The van der Waals surface area contributed by atoms with Crippen molar-refractivity contribution in [1.29, 1.82) is 0 Å². The summed E-state index contributed by atoms with van der Waals surface area (Å²) in [5, 5.41) is 6.67. The van der Waals surface area contributed by atoms with E-state index in [9.17, 15) is 9.59 Å². The standard InChI is InChI=1S/C24H30N2O3S2/c1-24(2,3)16-11-12-17-18(14-16)31-21(20(17)22(28)29-4)26-23(30)25-19(27)13-10-15-8-6-5-7-9-15/h5-9,16H,10-14H2,1-4H3,(H2,25,26,27,30). The van der Waals surface area contributed by atoms with E-state index in [4.69, 9.17) is 17.0 Å². The van der Waals surface area contributed by atoms with Crippen molar-refractivity contribution >= 4 is 45.5 Å². The SMILES string of the molecule is COC(=O)c1c(NC(=S)NC(=O)CCc2ccccc2)sc2c1CCC(C(C)(C)C)C2. The minimum Gasteiger partial charge on any atom is -0.465 e. The second-order valence-corrected chi connectivity index (χ2v) is 10.5. The number of hydrogen-bond donors (Lipinski definition) is 2. The Balaban J connectivity index is 1.69. The number of hydrogen-bond acceptors (Lipinski definition) is 5. The number of carbonyl (C=O) groups is 2. The molecule has 1 aromatic carbocycles. The third-order valence-electron chi connectivity index (χ3n) is 5.84. The molecule has 1 unspecified atom stereocenters. The van der Waals surface area contributed by atoms with Crippen molar-refractivity contribution in [2.24, 2.45) is 11.3 Å². The Morgan fingerprint density at radius 2 is 1.94 bits per heavy atom. The minimum absolute atomic E-state index is 0.157. The van der Waals surface area contributed by atoms with Crippen molar-refractivity contribution in [1.82, 2.24) is 5.32 Å². The molecule has 7 heteroatoms. The number of anilines is 1. The molecule has 1 aromatic heterocycles. The fourth-order valence-corrected chi connectivity index (χ4v) is 5.56. The molecule has 5 nitrogen and oxygen atoms in total. The van der Waals surface area contributed by atoms with Crippen LogP contribution >= 0.6 is 23.6 Å². The highest BCUT2D eigenvalue weighted by Crippen LogP contribution is 2.44. The van der Waals surface area contributed by atoms with Crippen LogP contribution in [0.25, 0.3) is 0 Å².